The molecule has 0 aliphatic carbocycles. The molecule has 0 saturated carbocycles. The van der Waals surface area contributed by atoms with Crippen LogP contribution in [0, 0.1) is 0 Å². The number of aliphatic hydroxyl groups excluding tert-OH is 1. The minimum Gasteiger partial charge on any atom is -0.389 e. The number of ether oxygens (including phenoxy) is 1. The molecule has 14 heavy (non-hydrogen) atoms. The predicted molar refractivity (Wildman–Crippen MR) is 51.8 cm³/mol. The van der Waals surface area contributed by atoms with Gasteiger partial charge >= 0.3 is 0 Å². The van der Waals surface area contributed by atoms with Crippen LogP contribution in [0.3, 0.4) is 0 Å². The maximum absolute atomic E-state index is 9.31. The third-order valence-electron chi connectivity index (χ3n) is 2.55. The quantitative estimate of drug-likeness (QED) is 0.788. The second kappa shape index (κ2) is 4.11. The van der Waals surface area contributed by atoms with E-state index in [-0.39, 0.29) is 0 Å². The first-order valence-electron chi connectivity index (χ1n) is 5.08. The Hall–Kier alpha value is -0.870. The average Bonchev–Trinajstić information content (AvgIpc) is 2.75. The molecule has 4 heteroatoms. The molecule has 1 saturated heterocycles. The summed E-state index contributed by atoms with van der Waals surface area (Å²) < 4.78 is 7.35. The largest absolute Gasteiger partial charge is 0.389 e. The number of aliphatic hydroxyl groups is 1. The van der Waals surface area contributed by atoms with E-state index in [0.29, 0.717) is 6.10 Å². The number of rotatable bonds is 3. The molecule has 1 aliphatic heterocycles. The SMILES string of the molecule is CC(O)c1cnn(CC2CCCO2)c1. The van der Waals surface area contributed by atoms with Crippen LogP contribution in [0.5, 0.6) is 0 Å². The summed E-state index contributed by atoms with van der Waals surface area (Å²) in [5.41, 5.74) is 0.864. The lowest BCUT2D eigenvalue weighted by Gasteiger charge is -2.08. The molecule has 1 aromatic rings. The third-order valence-corrected chi connectivity index (χ3v) is 2.55. The van der Waals surface area contributed by atoms with Crippen molar-refractivity contribution in [3.8, 4) is 0 Å². The second-order valence-electron chi connectivity index (χ2n) is 3.81. The zero-order chi connectivity index (χ0) is 9.97. The Morgan fingerprint density at radius 1 is 1.79 bits per heavy atom. The van der Waals surface area contributed by atoms with Crippen LogP contribution in [0.4, 0.5) is 0 Å². The summed E-state index contributed by atoms with van der Waals surface area (Å²) in [6.45, 7) is 3.41. The molecule has 0 spiro atoms. The van der Waals surface area contributed by atoms with Crippen LogP contribution >= 0.6 is 0 Å². The summed E-state index contributed by atoms with van der Waals surface area (Å²) in [6.07, 6.45) is 5.72. The molecule has 2 rings (SSSR count). The van der Waals surface area contributed by atoms with Crippen molar-refractivity contribution in [2.75, 3.05) is 6.61 Å². The lowest BCUT2D eigenvalue weighted by atomic mass is 10.2. The van der Waals surface area contributed by atoms with Gasteiger partial charge in [0.05, 0.1) is 24.9 Å². The fourth-order valence-electron chi connectivity index (χ4n) is 1.69. The Balaban J connectivity index is 1.95. The van der Waals surface area contributed by atoms with E-state index in [9.17, 15) is 5.11 Å². The van der Waals surface area contributed by atoms with Gasteiger partial charge < -0.3 is 9.84 Å². The van der Waals surface area contributed by atoms with Crippen LogP contribution in [0.15, 0.2) is 12.4 Å². The fourth-order valence-corrected chi connectivity index (χ4v) is 1.69. The molecule has 0 amide bonds. The van der Waals surface area contributed by atoms with Gasteiger partial charge in [-0.2, -0.15) is 5.10 Å². The summed E-state index contributed by atoms with van der Waals surface area (Å²) in [7, 11) is 0. The molecule has 0 radical (unpaired) electrons. The molecule has 2 atom stereocenters. The molecule has 0 bridgehead atoms. The average molecular weight is 196 g/mol. The van der Waals surface area contributed by atoms with Gasteiger partial charge in [-0.25, -0.2) is 0 Å². The van der Waals surface area contributed by atoms with E-state index in [1.54, 1.807) is 13.1 Å². The summed E-state index contributed by atoms with van der Waals surface area (Å²) in [6, 6.07) is 0. The van der Waals surface area contributed by atoms with Crippen LogP contribution in [-0.4, -0.2) is 27.6 Å². The predicted octanol–water partition coefficient (Wildman–Crippen LogP) is 1.12. The molecule has 2 unspecified atom stereocenters. The van der Waals surface area contributed by atoms with E-state index in [0.717, 1.165) is 31.6 Å². The molecular weight excluding hydrogens is 180 g/mol. The normalized spacial score (nSPS) is 24.0. The summed E-state index contributed by atoms with van der Waals surface area (Å²) in [5, 5.41) is 13.5. The highest BCUT2D eigenvalue weighted by atomic mass is 16.5. The monoisotopic (exact) mass is 196 g/mol. The first-order valence-corrected chi connectivity index (χ1v) is 5.08. The standard InChI is InChI=1S/C10H16N2O2/c1-8(13)9-5-11-12(6-9)7-10-3-2-4-14-10/h5-6,8,10,13H,2-4,7H2,1H3. The van der Waals surface area contributed by atoms with Gasteiger partial charge in [0.2, 0.25) is 0 Å². The van der Waals surface area contributed by atoms with Gasteiger partial charge in [0.15, 0.2) is 0 Å². The van der Waals surface area contributed by atoms with E-state index >= 15 is 0 Å². The van der Waals surface area contributed by atoms with Crippen molar-refractivity contribution in [3.05, 3.63) is 18.0 Å². The molecule has 0 aromatic carbocycles. The molecule has 1 N–H and O–H groups in total. The summed E-state index contributed by atoms with van der Waals surface area (Å²) in [5.74, 6) is 0. The van der Waals surface area contributed by atoms with E-state index in [1.165, 1.54) is 0 Å². The Labute approximate surface area is 83.5 Å². The van der Waals surface area contributed by atoms with Crippen LogP contribution in [0.1, 0.15) is 31.4 Å². The molecule has 1 fully saturated rings. The van der Waals surface area contributed by atoms with Crippen LogP contribution in [-0.2, 0) is 11.3 Å². The Morgan fingerprint density at radius 2 is 2.64 bits per heavy atom. The van der Waals surface area contributed by atoms with Crippen molar-refractivity contribution in [1.82, 2.24) is 9.78 Å². The van der Waals surface area contributed by atoms with E-state index in [1.807, 2.05) is 10.9 Å². The van der Waals surface area contributed by atoms with Gasteiger partial charge in [0.25, 0.3) is 0 Å². The topological polar surface area (TPSA) is 47.3 Å². The van der Waals surface area contributed by atoms with Gasteiger partial charge in [-0.15, -0.1) is 0 Å². The van der Waals surface area contributed by atoms with Crippen molar-refractivity contribution in [2.24, 2.45) is 0 Å². The fraction of sp³-hybridized carbons (Fsp3) is 0.700. The molecule has 4 nitrogen and oxygen atoms in total. The maximum Gasteiger partial charge on any atom is 0.0792 e. The zero-order valence-electron chi connectivity index (χ0n) is 8.39. The highest BCUT2D eigenvalue weighted by Gasteiger charge is 2.16. The molecule has 1 aromatic heterocycles. The van der Waals surface area contributed by atoms with Crippen molar-refractivity contribution in [2.45, 2.75) is 38.5 Å². The minimum atomic E-state index is -0.437. The Bertz CT molecular complexity index is 290. The van der Waals surface area contributed by atoms with Gasteiger partial charge in [-0.1, -0.05) is 0 Å². The lowest BCUT2D eigenvalue weighted by Crippen LogP contribution is -2.15. The Kier molecular flexibility index (Phi) is 2.84. The summed E-state index contributed by atoms with van der Waals surface area (Å²) >= 11 is 0. The Morgan fingerprint density at radius 3 is 3.21 bits per heavy atom. The van der Waals surface area contributed by atoms with Crippen molar-refractivity contribution < 1.29 is 9.84 Å². The highest BCUT2D eigenvalue weighted by molar-refractivity contribution is 5.06. The highest BCUT2D eigenvalue weighted by Crippen LogP contribution is 2.15. The molecule has 2 heterocycles. The first-order chi connectivity index (χ1) is 6.75. The number of hydrogen-bond acceptors (Lipinski definition) is 3. The van der Waals surface area contributed by atoms with E-state index in [2.05, 4.69) is 5.10 Å². The molecular formula is C10H16N2O2. The zero-order valence-corrected chi connectivity index (χ0v) is 8.39. The van der Waals surface area contributed by atoms with Crippen LogP contribution in [0.2, 0.25) is 0 Å². The molecule has 1 aliphatic rings. The smallest absolute Gasteiger partial charge is 0.0792 e. The number of hydrogen-bond donors (Lipinski definition) is 1. The first kappa shape index (κ1) is 9.68. The maximum atomic E-state index is 9.31. The van der Waals surface area contributed by atoms with Crippen molar-refractivity contribution >= 4 is 0 Å². The third kappa shape index (κ3) is 2.13. The van der Waals surface area contributed by atoms with Gasteiger partial charge in [-0.05, 0) is 19.8 Å². The van der Waals surface area contributed by atoms with Crippen molar-refractivity contribution in [3.63, 3.8) is 0 Å². The lowest BCUT2D eigenvalue weighted by molar-refractivity contribution is 0.0939. The molecule has 78 valence electrons. The van der Waals surface area contributed by atoms with Gasteiger partial charge in [-0.3, -0.25) is 4.68 Å². The minimum absolute atomic E-state index is 0.303. The van der Waals surface area contributed by atoms with E-state index in [4.69, 9.17) is 4.74 Å². The second-order valence-corrected chi connectivity index (χ2v) is 3.81. The summed E-state index contributed by atoms with van der Waals surface area (Å²) in [4.78, 5) is 0. The number of nitrogens with zero attached hydrogens (tertiary/aromatic N) is 2. The number of aromatic nitrogens is 2. The van der Waals surface area contributed by atoms with Crippen molar-refractivity contribution in [1.29, 1.82) is 0 Å². The van der Waals surface area contributed by atoms with Gasteiger partial charge in [0.1, 0.15) is 0 Å². The van der Waals surface area contributed by atoms with Gasteiger partial charge in [0, 0.05) is 18.4 Å². The van der Waals surface area contributed by atoms with Crippen LogP contribution < -0.4 is 0 Å². The van der Waals surface area contributed by atoms with Crippen LogP contribution in [0.25, 0.3) is 0 Å². The van der Waals surface area contributed by atoms with E-state index < -0.39 is 6.10 Å².